The fourth-order valence-corrected chi connectivity index (χ4v) is 3.70. The maximum Gasteiger partial charge on any atom is 0.355 e. The highest BCUT2D eigenvalue weighted by Gasteiger charge is 2.19. The first-order valence-corrected chi connectivity index (χ1v) is 9.31. The zero-order chi connectivity index (χ0) is 18.7. The molecule has 1 aromatic heterocycles. The predicted molar refractivity (Wildman–Crippen MR) is 103 cm³/mol. The third kappa shape index (κ3) is 4.06. The fourth-order valence-electron chi connectivity index (χ4n) is 2.31. The largest absolute Gasteiger partial charge is 0.462 e. The highest BCUT2D eigenvalue weighted by molar-refractivity contribution is 7.21. The third-order valence-corrected chi connectivity index (χ3v) is 5.20. The number of carbonyl (C=O) groups is 2. The van der Waals surface area contributed by atoms with Crippen LogP contribution in [0.3, 0.4) is 0 Å². The summed E-state index contributed by atoms with van der Waals surface area (Å²) < 4.78 is 11.5. The average Bonchev–Trinajstić information content (AvgIpc) is 2.97. The van der Waals surface area contributed by atoms with Crippen LogP contribution in [-0.4, -0.2) is 18.5 Å². The number of esters is 2. The van der Waals surface area contributed by atoms with Crippen molar-refractivity contribution in [3.05, 3.63) is 64.0 Å². The van der Waals surface area contributed by atoms with Crippen LogP contribution in [0.2, 0.25) is 5.02 Å². The van der Waals surface area contributed by atoms with Gasteiger partial charge < -0.3 is 9.47 Å². The molecule has 0 N–H and O–H groups in total. The summed E-state index contributed by atoms with van der Waals surface area (Å²) in [6, 6.07) is 13.9. The van der Waals surface area contributed by atoms with Gasteiger partial charge in [0.1, 0.15) is 10.6 Å². The average molecular weight is 389 g/mol. The van der Waals surface area contributed by atoms with Crippen LogP contribution >= 0.6 is 22.9 Å². The highest BCUT2D eigenvalue weighted by Crippen LogP contribution is 2.35. The Morgan fingerprint density at radius 2 is 1.85 bits per heavy atom. The molecule has 0 saturated heterocycles. The smallest absolute Gasteiger partial charge is 0.355 e. The van der Waals surface area contributed by atoms with Crippen LogP contribution < -0.4 is 4.74 Å². The summed E-state index contributed by atoms with van der Waals surface area (Å²) in [6.07, 6.45) is 0. The van der Waals surface area contributed by atoms with E-state index in [9.17, 15) is 9.59 Å². The molecule has 0 aliphatic heterocycles. The fraction of sp³-hybridized carbons (Fsp3) is 0.200. The maximum atomic E-state index is 12.5. The SMILES string of the molecule is CC(C)COC(=O)c1cccc(OC(=O)c2sc3ccccc3c2Cl)c1. The number of hydrogen-bond acceptors (Lipinski definition) is 5. The van der Waals surface area contributed by atoms with Gasteiger partial charge in [-0.05, 0) is 30.2 Å². The molecule has 134 valence electrons. The van der Waals surface area contributed by atoms with Gasteiger partial charge in [0.05, 0.1) is 17.2 Å². The second-order valence-electron chi connectivity index (χ2n) is 6.15. The number of hydrogen-bond donors (Lipinski definition) is 0. The summed E-state index contributed by atoms with van der Waals surface area (Å²) >= 11 is 7.58. The van der Waals surface area contributed by atoms with Gasteiger partial charge in [-0.15, -0.1) is 11.3 Å². The number of ether oxygens (including phenoxy) is 2. The minimum absolute atomic E-state index is 0.245. The van der Waals surface area contributed by atoms with E-state index in [1.807, 2.05) is 38.1 Å². The minimum atomic E-state index is -0.552. The van der Waals surface area contributed by atoms with Crippen molar-refractivity contribution in [2.45, 2.75) is 13.8 Å². The Hall–Kier alpha value is -2.37. The topological polar surface area (TPSA) is 52.6 Å². The molecule has 0 fully saturated rings. The van der Waals surface area contributed by atoms with Crippen molar-refractivity contribution in [2.75, 3.05) is 6.61 Å². The molecule has 0 bridgehead atoms. The lowest BCUT2D eigenvalue weighted by Gasteiger charge is -2.08. The van der Waals surface area contributed by atoms with Crippen LogP contribution in [-0.2, 0) is 4.74 Å². The van der Waals surface area contributed by atoms with Crippen LogP contribution in [0.1, 0.15) is 33.9 Å². The Morgan fingerprint density at radius 3 is 2.58 bits per heavy atom. The monoisotopic (exact) mass is 388 g/mol. The van der Waals surface area contributed by atoms with Crippen molar-refractivity contribution in [2.24, 2.45) is 5.92 Å². The number of rotatable bonds is 5. The summed E-state index contributed by atoms with van der Waals surface area (Å²) in [6.45, 7) is 4.25. The zero-order valence-corrected chi connectivity index (χ0v) is 15.9. The Morgan fingerprint density at radius 1 is 1.08 bits per heavy atom. The van der Waals surface area contributed by atoms with Crippen molar-refractivity contribution in [3.63, 3.8) is 0 Å². The van der Waals surface area contributed by atoms with Crippen molar-refractivity contribution in [3.8, 4) is 5.75 Å². The molecule has 4 nitrogen and oxygen atoms in total. The molecule has 1 heterocycles. The van der Waals surface area contributed by atoms with Crippen LogP contribution in [0, 0.1) is 5.92 Å². The molecular weight excluding hydrogens is 372 g/mol. The summed E-state index contributed by atoms with van der Waals surface area (Å²) in [5, 5.41) is 1.19. The number of thiophene rings is 1. The minimum Gasteiger partial charge on any atom is -0.462 e. The van der Waals surface area contributed by atoms with Crippen molar-refractivity contribution >= 4 is 45.0 Å². The van der Waals surface area contributed by atoms with Crippen molar-refractivity contribution in [1.29, 1.82) is 0 Å². The van der Waals surface area contributed by atoms with E-state index in [-0.39, 0.29) is 11.7 Å². The quantitative estimate of drug-likeness (QED) is 0.422. The molecule has 0 saturated carbocycles. The summed E-state index contributed by atoms with van der Waals surface area (Å²) in [5.74, 6) is -0.488. The van der Waals surface area contributed by atoms with Gasteiger partial charge in [-0.1, -0.05) is 49.7 Å². The van der Waals surface area contributed by atoms with E-state index in [4.69, 9.17) is 21.1 Å². The number of benzene rings is 2. The second kappa shape index (κ2) is 7.89. The van der Waals surface area contributed by atoms with E-state index in [2.05, 4.69) is 0 Å². The molecular formula is C20H17ClO4S. The lowest BCUT2D eigenvalue weighted by atomic mass is 10.2. The summed E-state index contributed by atoms with van der Waals surface area (Å²) in [7, 11) is 0. The number of halogens is 1. The van der Waals surface area contributed by atoms with Gasteiger partial charge in [0, 0.05) is 10.1 Å². The van der Waals surface area contributed by atoms with E-state index in [1.165, 1.54) is 17.4 Å². The number of carbonyl (C=O) groups excluding carboxylic acids is 2. The van der Waals surface area contributed by atoms with Crippen LogP contribution in [0.25, 0.3) is 10.1 Å². The van der Waals surface area contributed by atoms with Crippen molar-refractivity contribution < 1.29 is 19.1 Å². The summed E-state index contributed by atoms with van der Waals surface area (Å²) in [4.78, 5) is 24.9. The maximum absolute atomic E-state index is 12.5. The lowest BCUT2D eigenvalue weighted by molar-refractivity contribution is 0.0457. The van der Waals surface area contributed by atoms with E-state index in [0.717, 1.165) is 10.1 Å². The van der Waals surface area contributed by atoms with E-state index >= 15 is 0 Å². The van der Waals surface area contributed by atoms with Crippen LogP contribution in [0.5, 0.6) is 5.75 Å². The van der Waals surface area contributed by atoms with Gasteiger partial charge in [0.25, 0.3) is 0 Å². The number of fused-ring (bicyclic) bond motifs is 1. The first-order valence-electron chi connectivity index (χ1n) is 8.12. The molecule has 0 atom stereocenters. The molecule has 0 aliphatic carbocycles. The molecule has 0 radical (unpaired) electrons. The van der Waals surface area contributed by atoms with Crippen molar-refractivity contribution in [1.82, 2.24) is 0 Å². The van der Waals surface area contributed by atoms with Crippen LogP contribution in [0.4, 0.5) is 0 Å². The zero-order valence-electron chi connectivity index (χ0n) is 14.3. The van der Waals surface area contributed by atoms with Gasteiger partial charge in [-0.2, -0.15) is 0 Å². The molecule has 0 amide bonds. The molecule has 0 unspecified atom stereocenters. The first-order chi connectivity index (χ1) is 12.5. The van der Waals surface area contributed by atoms with Gasteiger partial charge in [-0.25, -0.2) is 9.59 Å². The molecule has 3 aromatic rings. The van der Waals surface area contributed by atoms with E-state index in [1.54, 1.807) is 18.2 Å². The molecule has 0 spiro atoms. The van der Waals surface area contributed by atoms with Crippen LogP contribution in [0.15, 0.2) is 48.5 Å². The Kier molecular flexibility index (Phi) is 5.59. The lowest BCUT2D eigenvalue weighted by Crippen LogP contribution is -2.11. The van der Waals surface area contributed by atoms with E-state index < -0.39 is 11.9 Å². The summed E-state index contributed by atoms with van der Waals surface area (Å²) in [5.41, 5.74) is 0.332. The van der Waals surface area contributed by atoms with Gasteiger partial charge in [-0.3, -0.25) is 0 Å². The molecule has 0 aliphatic rings. The normalized spacial score (nSPS) is 10.9. The standard InChI is InChI=1S/C20H17ClO4S/c1-12(2)11-24-19(22)13-6-5-7-14(10-13)25-20(23)18-17(21)15-8-3-4-9-16(15)26-18/h3-10,12H,11H2,1-2H3. The second-order valence-corrected chi connectivity index (χ2v) is 7.58. The van der Waals surface area contributed by atoms with E-state index in [0.29, 0.717) is 22.1 Å². The van der Waals surface area contributed by atoms with Gasteiger partial charge in [0.15, 0.2) is 0 Å². The van der Waals surface area contributed by atoms with Gasteiger partial charge in [0.2, 0.25) is 0 Å². The predicted octanol–water partition coefficient (Wildman–Crippen LogP) is 5.59. The molecule has 6 heteroatoms. The molecule has 3 rings (SSSR count). The Balaban J connectivity index is 1.78. The Bertz CT molecular complexity index is 961. The Labute approximate surface area is 160 Å². The molecule has 26 heavy (non-hydrogen) atoms. The molecule has 2 aromatic carbocycles. The third-order valence-electron chi connectivity index (χ3n) is 3.55. The first kappa shape index (κ1) is 18.4. The van der Waals surface area contributed by atoms with Gasteiger partial charge >= 0.3 is 11.9 Å². The highest BCUT2D eigenvalue weighted by atomic mass is 35.5.